The second-order valence-electron chi connectivity index (χ2n) is 10.9. The van der Waals surface area contributed by atoms with Gasteiger partial charge in [0.1, 0.15) is 12.6 Å². The fourth-order valence-electron chi connectivity index (χ4n) is 4.74. The minimum absolute atomic E-state index is 0.0188. The molecule has 1 N–H and O–H groups in total. The predicted octanol–water partition coefficient (Wildman–Crippen LogP) is 7.32. The molecule has 0 spiro atoms. The van der Waals surface area contributed by atoms with Crippen molar-refractivity contribution >= 4 is 62.3 Å². The van der Waals surface area contributed by atoms with Gasteiger partial charge in [-0.2, -0.15) is 0 Å². The molecule has 0 fully saturated rings. The zero-order chi connectivity index (χ0) is 32.7. The Labute approximate surface area is 279 Å². The summed E-state index contributed by atoms with van der Waals surface area (Å²) in [6.45, 7) is 4.90. The third-order valence-corrected chi connectivity index (χ3v) is 9.82. The number of carbonyl (C=O) groups is 2. The van der Waals surface area contributed by atoms with Gasteiger partial charge in [-0.05, 0) is 80.4 Å². The smallest absolute Gasteiger partial charge is 0.264 e. The van der Waals surface area contributed by atoms with Crippen LogP contribution in [-0.4, -0.2) is 43.8 Å². The van der Waals surface area contributed by atoms with Crippen LogP contribution in [0.5, 0.6) is 0 Å². The highest BCUT2D eigenvalue weighted by Gasteiger charge is 2.35. The number of aryl methyl sites for hydroxylation is 1. The third kappa shape index (κ3) is 9.01. The first-order valence-corrected chi connectivity index (χ1v) is 16.8. The monoisotopic (exact) mass is 685 g/mol. The van der Waals surface area contributed by atoms with Crippen molar-refractivity contribution in [1.82, 2.24) is 10.2 Å². The molecule has 4 aromatic carbocycles. The van der Waals surface area contributed by atoms with Crippen molar-refractivity contribution in [3.05, 3.63) is 129 Å². The lowest BCUT2D eigenvalue weighted by Crippen LogP contribution is -2.54. The Kier molecular flexibility index (Phi) is 11.6. The fourth-order valence-corrected chi connectivity index (χ4v) is 6.60. The average molecular weight is 687 g/mol. The maximum Gasteiger partial charge on any atom is 0.264 e. The lowest BCUT2D eigenvalue weighted by atomic mass is 10.0. The van der Waals surface area contributed by atoms with E-state index in [-0.39, 0.29) is 40.5 Å². The molecule has 1 unspecified atom stereocenters. The highest BCUT2D eigenvalue weighted by Crippen LogP contribution is 2.28. The summed E-state index contributed by atoms with van der Waals surface area (Å²) < 4.78 is 29.2. The molecule has 7 nitrogen and oxygen atoms in total. The van der Waals surface area contributed by atoms with E-state index in [2.05, 4.69) is 5.32 Å². The van der Waals surface area contributed by atoms with E-state index in [1.165, 1.54) is 29.2 Å². The first kappa shape index (κ1) is 34.3. The zero-order valence-electron chi connectivity index (χ0n) is 25.1. The number of nitrogens with zero attached hydrogens (tertiary/aromatic N) is 2. The highest BCUT2D eigenvalue weighted by molar-refractivity contribution is 7.92. The molecule has 45 heavy (non-hydrogen) atoms. The number of anilines is 1. The second-order valence-corrected chi connectivity index (χ2v) is 14.1. The first-order chi connectivity index (χ1) is 21.3. The van der Waals surface area contributed by atoms with Crippen LogP contribution in [0.3, 0.4) is 0 Å². The van der Waals surface area contributed by atoms with E-state index in [1.807, 2.05) is 51.1 Å². The van der Waals surface area contributed by atoms with Crippen LogP contribution in [0.2, 0.25) is 15.1 Å². The van der Waals surface area contributed by atoms with E-state index in [0.717, 1.165) is 15.4 Å². The Morgan fingerprint density at radius 1 is 0.800 bits per heavy atom. The van der Waals surface area contributed by atoms with Crippen molar-refractivity contribution in [2.45, 2.75) is 50.7 Å². The Morgan fingerprint density at radius 3 is 2.04 bits per heavy atom. The van der Waals surface area contributed by atoms with E-state index in [0.29, 0.717) is 15.6 Å². The van der Waals surface area contributed by atoms with E-state index in [4.69, 9.17) is 34.8 Å². The molecule has 2 amide bonds. The Hall–Kier alpha value is -3.56. The summed E-state index contributed by atoms with van der Waals surface area (Å²) in [6, 6.07) is 25.7. The molecule has 236 valence electrons. The molecule has 0 heterocycles. The van der Waals surface area contributed by atoms with Crippen molar-refractivity contribution in [1.29, 1.82) is 0 Å². The van der Waals surface area contributed by atoms with E-state index < -0.39 is 28.5 Å². The molecule has 0 aliphatic heterocycles. The molecule has 4 rings (SSSR count). The minimum Gasteiger partial charge on any atom is -0.352 e. The van der Waals surface area contributed by atoms with Crippen LogP contribution in [0.4, 0.5) is 5.69 Å². The van der Waals surface area contributed by atoms with Gasteiger partial charge in [-0.1, -0.05) is 88.9 Å². The van der Waals surface area contributed by atoms with E-state index >= 15 is 0 Å². The molecule has 0 aliphatic carbocycles. The van der Waals surface area contributed by atoms with E-state index in [1.54, 1.807) is 42.5 Å². The molecule has 0 radical (unpaired) electrons. The Balaban J connectivity index is 1.81. The molecule has 0 saturated carbocycles. The van der Waals surface area contributed by atoms with Gasteiger partial charge in [0, 0.05) is 24.0 Å². The summed E-state index contributed by atoms with van der Waals surface area (Å²) >= 11 is 18.6. The number of hydrogen-bond donors (Lipinski definition) is 1. The quantitative estimate of drug-likeness (QED) is 0.169. The van der Waals surface area contributed by atoms with Crippen molar-refractivity contribution in [2.24, 2.45) is 0 Å². The number of hydrogen-bond acceptors (Lipinski definition) is 4. The van der Waals surface area contributed by atoms with Crippen LogP contribution in [0.1, 0.15) is 30.5 Å². The maximum atomic E-state index is 14.5. The van der Waals surface area contributed by atoms with Crippen LogP contribution in [0, 0.1) is 6.92 Å². The summed E-state index contributed by atoms with van der Waals surface area (Å²) in [6.07, 6.45) is 0.193. The van der Waals surface area contributed by atoms with Gasteiger partial charge in [0.15, 0.2) is 0 Å². The molecule has 11 heteroatoms. The van der Waals surface area contributed by atoms with Crippen LogP contribution in [0.25, 0.3) is 0 Å². The number of halogens is 3. The topological polar surface area (TPSA) is 86.8 Å². The van der Waals surface area contributed by atoms with Gasteiger partial charge in [0.25, 0.3) is 10.0 Å². The molecule has 1 atom stereocenters. The number of rotatable bonds is 12. The van der Waals surface area contributed by atoms with Crippen LogP contribution in [0.15, 0.2) is 102 Å². The van der Waals surface area contributed by atoms with Crippen molar-refractivity contribution in [2.75, 3.05) is 10.8 Å². The van der Waals surface area contributed by atoms with Gasteiger partial charge in [0.05, 0.1) is 20.6 Å². The number of sulfonamides is 1. The van der Waals surface area contributed by atoms with Gasteiger partial charge < -0.3 is 10.2 Å². The molecular formula is C34H34Cl3N3O4S. The lowest BCUT2D eigenvalue weighted by molar-refractivity contribution is -0.140. The molecule has 0 saturated heterocycles. The molecule has 0 aliphatic rings. The number of carbonyl (C=O) groups excluding carboxylic acids is 2. The predicted molar refractivity (Wildman–Crippen MR) is 181 cm³/mol. The second kappa shape index (κ2) is 15.1. The van der Waals surface area contributed by atoms with Crippen molar-refractivity contribution < 1.29 is 18.0 Å². The summed E-state index contributed by atoms with van der Waals surface area (Å²) in [5.41, 5.74) is 2.58. The minimum atomic E-state index is -4.22. The lowest BCUT2D eigenvalue weighted by Gasteiger charge is -2.34. The van der Waals surface area contributed by atoms with Crippen molar-refractivity contribution in [3.8, 4) is 0 Å². The summed E-state index contributed by atoms with van der Waals surface area (Å²) in [4.78, 5) is 29.6. The standard InChI is InChI=1S/C34H34Cl3N3O4S/c1-23(2)38-34(42)32(20-25-7-5-4-6-8-25)39(21-26-11-18-30(36)31(37)19-26)33(41)22-40(28-14-12-27(35)13-15-28)45(43,44)29-16-9-24(3)10-17-29/h4-19,23,32H,20-22H2,1-3H3,(H,38,42). The first-order valence-electron chi connectivity index (χ1n) is 14.3. The van der Waals surface area contributed by atoms with Gasteiger partial charge in [-0.3, -0.25) is 13.9 Å². The normalized spacial score (nSPS) is 12.1. The summed E-state index contributed by atoms with van der Waals surface area (Å²) in [5, 5.41) is 3.97. The molecule has 0 aromatic heterocycles. The fraction of sp³-hybridized carbons (Fsp3) is 0.235. The van der Waals surface area contributed by atoms with Gasteiger partial charge in [-0.15, -0.1) is 0 Å². The molecular weight excluding hydrogens is 653 g/mol. The van der Waals surface area contributed by atoms with Crippen LogP contribution < -0.4 is 9.62 Å². The summed E-state index contributed by atoms with van der Waals surface area (Å²) in [7, 11) is -4.22. The SMILES string of the molecule is Cc1ccc(S(=O)(=O)N(CC(=O)N(Cc2ccc(Cl)c(Cl)c2)C(Cc2ccccc2)C(=O)NC(C)C)c2ccc(Cl)cc2)cc1. The van der Waals surface area contributed by atoms with Crippen molar-refractivity contribution in [3.63, 3.8) is 0 Å². The van der Waals surface area contributed by atoms with Gasteiger partial charge in [0.2, 0.25) is 11.8 Å². The number of nitrogens with one attached hydrogen (secondary N) is 1. The number of benzene rings is 4. The van der Waals surface area contributed by atoms with Crippen LogP contribution >= 0.6 is 34.8 Å². The molecule has 0 bridgehead atoms. The molecule has 4 aromatic rings. The number of amides is 2. The highest BCUT2D eigenvalue weighted by atomic mass is 35.5. The average Bonchev–Trinajstić information content (AvgIpc) is 3.00. The van der Waals surface area contributed by atoms with E-state index in [9.17, 15) is 18.0 Å². The summed E-state index contributed by atoms with van der Waals surface area (Å²) in [5.74, 6) is -0.965. The van der Waals surface area contributed by atoms with Gasteiger partial charge >= 0.3 is 0 Å². The maximum absolute atomic E-state index is 14.5. The Morgan fingerprint density at radius 2 is 1.44 bits per heavy atom. The largest absolute Gasteiger partial charge is 0.352 e. The Bertz CT molecular complexity index is 1730. The van der Waals surface area contributed by atoms with Crippen LogP contribution in [-0.2, 0) is 32.6 Å². The van der Waals surface area contributed by atoms with Gasteiger partial charge in [-0.25, -0.2) is 8.42 Å². The third-order valence-electron chi connectivity index (χ3n) is 7.04. The zero-order valence-corrected chi connectivity index (χ0v) is 28.2.